The molecule has 0 N–H and O–H groups in total. The third-order valence-electron chi connectivity index (χ3n) is 1.92. The summed E-state index contributed by atoms with van der Waals surface area (Å²) in [5.74, 6) is 6.19. The molecular weight excluding hydrogens is 296 g/mol. The summed E-state index contributed by atoms with van der Waals surface area (Å²) >= 11 is 1.72. The first-order valence-corrected chi connectivity index (χ1v) is 5.90. The van der Waals surface area contributed by atoms with E-state index in [2.05, 4.69) is 30.0 Å². The van der Waals surface area contributed by atoms with E-state index in [-0.39, 0.29) is 0 Å². The van der Waals surface area contributed by atoms with E-state index < -0.39 is 0 Å². The summed E-state index contributed by atoms with van der Waals surface area (Å²) in [6.07, 6.45) is 0. The first kappa shape index (κ1) is 10.3. The molecule has 0 atom stereocenters. The molecule has 0 saturated carbocycles. The van der Waals surface area contributed by atoms with Crippen molar-refractivity contribution in [3.05, 3.63) is 65.7 Å². The summed E-state index contributed by atoms with van der Waals surface area (Å²) in [6, 6.07) is 19.1. The molecule has 0 bridgehead atoms. The first-order valence-electron chi connectivity index (χ1n) is 4.62. The Morgan fingerprint density at radius 3 is 2.40 bits per heavy atom. The zero-order valence-electron chi connectivity index (χ0n) is 8.07. The van der Waals surface area contributed by atoms with Gasteiger partial charge in [0.05, 0.1) is 0 Å². The molecule has 0 aliphatic carbocycles. The summed E-state index contributed by atoms with van der Waals surface area (Å²) in [7, 11) is 0. The molecule has 0 unspecified atom stereocenters. The van der Waals surface area contributed by atoms with Crippen LogP contribution >= 0.6 is 0 Å². The van der Waals surface area contributed by atoms with Crippen LogP contribution in [-0.2, 0) is 0 Å². The summed E-state index contributed by atoms with van der Waals surface area (Å²) < 4.78 is 1.31. The van der Waals surface area contributed by atoms with Crippen molar-refractivity contribution in [1.82, 2.24) is 0 Å². The van der Waals surface area contributed by atoms with Gasteiger partial charge < -0.3 is 0 Å². The second-order valence-corrected chi connectivity index (χ2v) is 4.55. The molecule has 0 heterocycles. The van der Waals surface area contributed by atoms with Gasteiger partial charge in [0.25, 0.3) is 0 Å². The van der Waals surface area contributed by atoms with Crippen molar-refractivity contribution in [1.29, 1.82) is 0 Å². The van der Waals surface area contributed by atoms with Crippen molar-refractivity contribution in [2.75, 3.05) is 0 Å². The zero-order valence-corrected chi connectivity index (χ0v) is 10.6. The molecule has 0 saturated heterocycles. The van der Waals surface area contributed by atoms with E-state index in [1.54, 1.807) is 22.3 Å². The maximum absolute atomic E-state index is 3.11. The molecule has 2 aromatic carbocycles. The molecular formula is C14H9Te. The van der Waals surface area contributed by atoms with Gasteiger partial charge in [-0.25, -0.2) is 0 Å². The van der Waals surface area contributed by atoms with Crippen LogP contribution in [0.4, 0.5) is 0 Å². The zero-order chi connectivity index (χ0) is 10.5. The molecule has 1 radical (unpaired) electrons. The Kier molecular flexibility index (Phi) is 3.46. The van der Waals surface area contributed by atoms with Gasteiger partial charge in [-0.3, -0.25) is 0 Å². The molecule has 0 spiro atoms. The van der Waals surface area contributed by atoms with Crippen LogP contribution in [0.15, 0.2) is 48.5 Å². The molecule has 0 nitrogen and oxygen atoms in total. The van der Waals surface area contributed by atoms with E-state index in [0.29, 0.717) is 0 Å². The number of rotatable bonds is 0. The Labute approximate surface area is 103 Å². The summed E-state index contributed by atoms with van der Waals surface area (Å²) in [5.41, 5.74) is 1.98. The van der Waals surface area contributed by atoms with Gasteiger partial charge >= 0.3 is 103 Å². The minimum absolute atomic E-state index is 0.932. The Morgan fingerprint density at radius 1 is 0.933 bits per heavy atom. The van der Waals surface area contributed by atoms with Gasteiger partial charge in [-0.15, -0.1) is 0 Å². The average Bonchev–Trinajstić information content (AvgIpc) is 2.30. The van der Waals surface area contributed by atoms with E-state index >= 15 is 0 Å². The quantitative estimate of drug-likeness (QED) is 0.510. The van der Waals surface area contributed by atoms with Gasteiger partial charge in [-0.2, -0.15) is 0 Å². The van der Waals surface area contributed by atoms with Gasteiger partial charge in [-0.05, 0) is 0 Å². The summed E-state index contributed by atoms with van der Waals surface area (Å²) in [5, 5.41) is 0. The third kappa shape index (κ3) is 3.14. The molecule has 2 rings (SSSR count). The molecule has 2 aromatic rings. The topological polar surface area (TPSA) is 0 Å². The molecule has 0 amide bonds. The van der Waals surface area contributed by atoms with Crippen LogP contribution in [0.1, 0.15) is 11.1 Å². The van der Waals surface area contributed by atoms with Crippen molar-refractivity contribution in [3.8, 4) is 11.8 Å². The van der Waals surface area contributed by atoms with E-state index in [1.165, 1.54) is 3.61 Å². The van der Waals surface area contributed by atoms with Gasteiger partial charge in [-0.1, -0.05) is 0 Å². The van der Waals surface area contributed by atoms with Crippen molar-refractivity contribution >= 4 is 25.9 Å². The molecule has 0 aliphatic heterocycles. The van der Waals surface area contributed by atoms with Crippen LogP contribution in [0.2, 0.25) is 0 Å². The predicted molar refractivity (Wildman–Crippen MR) is 64.5 cm³/mol. The number of benzene rings is 2. The first-order chi connectivity index (χ1) is 7.34. The van der Waals surface area contributed by atoms with Gasteiger partial charge in [0, 0.05) is 0 Å². The monoisotopic (exact) mass is 307 g/mol. The normalized spacial score (nSPS) is 9.13. The molecule has 0 aromatic heterocycles. The van der Waals surface area contributed by atoms with Crippen LogP contribution in [0.3, 0.4) is 0 Å². The summed E-state index contributed by atoms with van der Waals surface area (Å²) in [6.45, 7) is 0. The minimum atomic E-state index is 0.932. The van der Waals surface area contributed by atoms with Crippen LogP contribution in [-0.4, -0.2) is 22.3 Å². The Balaban J connectivity index is 2.22. The SMILES string of the molecule is [TeH]c1ccc(C#Cc2[c]cccc2)cc1. The van der Waals surface area contributed by atoms with Gasteiger partial charge in [0.15, 0.2) is 0 Å². The second-order valence-electron chi connectivity index (χ2n) is 3.07. The fourth-order valence-electron chi connectivity index (χ4n) is 1.16. The maximum atomic E-state index is 3.11. The van der Waals surface area contributed by atoms with Crippen LogP contribution in [0, 0.1) is 17.9 Å². The number of hydrogen-bond acceptors (Lipinski definition) is 0. The van der Waals surface area contributed by atoms with E-state index in [4.69, 9.17) is 0 Å². The Morgan fingerprint density at radius 2 is 1.73 bits per heavy atom. The molecule has 1 heteroatoms. The van der Waals surface area contributed by atoms with E-state index in [1.807, 2.05) is 36.4 Å². The fraction of sp³-hybridized carbons (Fsp3) is 0. The summed E-state index contributed by atoms with van der Waals surface area (Å²) in [4.78, 5) is 0. The molecule has 71 valence electrons. The van der Waals surface area contributed by atoms with Crippen molar-refractivity contribution < 1.29 is 0 Å². The molecule has 15 heavy (non-hydrogen) atoms. The van der Waals surface area contributed by atoms with Crippen LogP contribution in [0.25, 0.3) is 0 Å². The van der Waals surface area contributed by atoms with E-state index in [9.17, 15) is 0 Å². The van der Waals surface area contributed by atoms with Crippen molar-refractivity contribution in [2.24, 2.45) is 0 Å². The standard InChI is InChI=1S/C14H9Te/c15-14-10-8-13(9-11-14)7-6-12-4-2-1-3-5-12/h1-4,8-11,15H. The fourth-order valence-corrected chi connectivity index (χ4v) is 1.58. The molecule has 0 fully saturated rings. The second kappa shape index (κ2) is 5.04. The van der Waals surface area contributed by atoms with Crippen LogP contribution in [0.5, 0.6) is 0 Å². The Bertz CT molecular complexity index is 486. The van der Waals surface area contributed by atoms with Crippen molar-refractivity contribution in [2.45, 2.75) is 0 Å². The van der Waals surface area contributed by atoms with E-state index in [0.717, 1.165) is 11.1 Å². The predicted octanol–water partition coefficient (Wildman–Crippen LogP) is 1.41. The van der Waals surface area contributed by atoms with Crippen molar-refractivity contribution in [3.63, 3.8) is 0 Å². The molecule has 0 aliphatic rings. The van der Waals surface area contributed by atoms with Crippen LogP contribution < -0.4 is 3.61 Å². The van der Waals surface area contributed by atoms with Gasteiger partial charge in [0.1, 0.15) is 0 Å². The Hall–Kier alpha value is -1.21. The van der Waals surface area contributed by atoms with Gasteiger partial charge in [0.2, 0.25) is 0 Å². The average molecular weight is 305 g/mol. The number of hydrogen-bond donors (Lipinski definition) is 0. The third-order valence-corrected chi connectivity index (χ3v) is 2.77.